The van der Waals surface area contributed by atoms with Crippen molar-refractivity contribution in [3.8, 4) is 0 Å². The fourth-order valence-electron chi connectivity index (χ4n) is 1.57. The molecule has 1 aromatic rings. The van der Waals surface area contributed by atoms with Gasteiger partial charge in [0.15, 0.2) is 0 Å². The van der Waals surface area contributed by atoms with Gasteiger partial charge in [0.05, 0.1) is 10.9 Å². The van der Waals surface area contributed by atoms with Crippen molar-refractivity contribution in [2.24, 2.45) is 5.92 Å². The maximum absolute atomic E-state index is 11.8. The monoisotopic (exact) mass is 230 g/mol. The summed E-state index contributed by atoms with van der Waals surface area (Å²) in [5.74, 6) is 0.375. The van der Waals surface area contributed by atoms with Crippen molar-refractivity contribution in [2.75, 3.05) is 13.1 Å². The van der Waals surface area contributed by atoms with E-state index in [0.717, 1.165) is 6.54 Å². The van der Waals surface area contributed by atoms with E-state index in [1.54, 1.807) is 15.8 Å². The summed E-state index contributed by atoms with van der Waals surface area (Å²) in [6.45, 7) is 3.44. The number of nitrogens with zero attached hydrogens (tertiary/aromatic N) is 2. The summed E-state index contributed by atoms with van der Waals surface area (Å²) in [6, 6.07) is 0. The second-order valence-corrected chi connectivity index (χ2v) is 4.86. The predicted octanol–water partition coefficient (Wildman–Crippen LogP) is 1.84. The Bertz CT molecular complexity index is 318. The first kappa shape index (κ1) is 9.93. The van der Waals surface area contributed by atoms with E-state index < -0.39 is 0 Å². The van der Waals surface area contributed by atoms with Gasteiger partial charge in [-0.1, -0.05) is 6.92 Å². The highest BCUT2D eigenvalue weighted by Gasteiger charge is 2.31. The van der Waals surface area contributed by atoms with Gasteiger partial charge in [-0.15, -0.1) is 22.9 Å². The molecular formula is C9H11ClN2OS. The fraction of sp³-hybridized carbons (Fsp3) is 0.556. The van der Waals surface area contributed by atoms with Gasteiger partial charge in [0.2, 0.25) is 0 Å². The van der Waals surface area contributed by atoms with Crippen LogP contribution in [0.3, 0.4) is 0 Å². The van der Waals surface area contributed by atoms with Crippen LogP contribution in [0.4, 0.5) is 0 Å². The van der Waals surface area contributed by atoms with Crippen LogP contribution in [0.15, 0.2) is 10.9 Å². The topological polar surface area (TPSA) is 33.2 Å². The molecule has 2 rings (SSSR count). The van der Waals surface area contributed by atoms with Crippen molar-refractivity contribution in [3.05, 3.63) is 16.6 Å². The molecule has 1 aliphatic rings. The van der Waals surface area contributed by atoms with E-state index in [1.165, 1.54) is 11.3 Å². The molecule has 0 bridgehead atoms. The largest absolute Gasteiger partial charge is 0.335 e. The Labute approximate surface area is 91.7 Å². The molecule has 1 aromatic heterocycles. The number of carbonyl (C=O) groups is 1. The highest BCUT2D eigenvalue weighted by atomic mass is 35.5. The van der Waals surface area contributed by atoms with E-state index in [0.29, 0.717) is 18.2 Å². The van der Waals surface area contributed by atoms with Gasteiger partial charge in [-0.3, -0.25) is 4.79 Å². The Morgan fingerprint density at radius 2 is 2.50 bits per heavy atom. The minimum Gasteiger partial charge on any atom is -0.335 e. The zero-order valence-corrected chi connectivity index (χ0v) is 9.38. The number of thiazole rings is 1. The predicted molar refractivity (Wildman–Crippen MR) is 56.8 cm³/mol. The van der Waals surface area contributed by atoms with E-state index in [-0.39, 0.29) is 11.3 Å². The molecule has 3 nitrogen and oxygen atoms in total. The Hall–Kier alpha value is -0.610. The molecular weight excluding hydrogens is 220 g/mol. The van der Waals surface area contributed by atoms with Crippen LogP contribution >= 0.6 is 22.9 Å². The molecule has 1 saturated heterocycles. The van der Waals surface area contributed by atoms with Crippen LogP contribution in [-0.2, 0) is 0 Å². The van der Waals surface area contributed by atoms with E-state index in [9.17, 15) is 4.79 Å². The molecule has 14 heavy (non-hydrogen) atoms. The second kappa shape index (κ2) is 3.87. The number of rotatable bonds is 1. The lowest BCUT2D eigenvalue weighted by Crippen LogP contribution is -2.29. The zero-order chi connectivity index (χ0) is 10.1. The number of aromatic nitrogens is 1. The van der Waals surface area contributed by atoms with Crippen molar-refractivity contribution in [2.45, 2.75) is 12.3 Å². The number of carbonyl (C=O) groups excluding carboxylic acids is 1. The van der Waals surface area contributed by atoms with Crippen LogP contribution in [-0.4, -0.2) is 34.3 Å². The lowest BCUT2D eigenvalue weighted by atomic mass is 10.2. The number of halogens is 1. The molecule has 0 aromatic carbocycles. The summed E-state index contributed by atoms with van der Waals surface area (Å²) < 4.78 is 0. The SMILES string of the molecule is CC1CN(C(=O)c2cscn2)CC1Cl. The molecule has 1 aliphatic heterocycles. The van der Waals surface area contributed by atoms with Crippen LogP contribution in [0.5, 0.6) is 0 Å². The minimum absolute atomic E-state index is 0.00116. The van der Waals surface area contributed by atoms with Crippen molar-refractivity contribution in [3.63, 3.8) is 0 Å². The van der Waals surface area contributed by atoms with Gasteiger partial charge in [0.25, 0.3) is 5.91 Å². The summed E-state index contributed by atoms with van der Waals surface area (Å²) in [5, 5.41) is 1.85. The molecule has 1 fully saturated rings. The van der Waals surface area contributed by atoms with E-state index in [1.807, 2.05) is 0 Å². The summed E-state index contributed by atoms with van der Waals surface area (Å²) in [7, 11) is 0. The van der Waals surface area contributed by atoms with Crippen LogP contribution in [0, 0.1) is 5.92 Å². The summed E-state index contributed by atoms with van der Waals surface area (Å²) >= 11 is 7.49. The van der Waals surface area contributed by atoms with Crippen molar-refractivity contribution >= 4 is 28.8 Å². The standard InChI is InChI=1S/C9H11ClN2OS/c1-6-2-12(3-7(6)10)9(13)8-4-14-5-11-8/h4-7H,2-3H2,1H3. The van der Waals surface area contributed by atoms with Crippen molar-refractivity contribution in [1.82, 2.24) is 9.88 Å². The second-order valence-electron chi connectivity index (χ2n) is 3.58. The van der Waals surface area contributed by atoms with Crippen LogP contribution in [0.25, 0.3) is 0 Å². The number of amides is 1. The number of likely N-dealkylation sites (tertiary alicyclic amines) is 1. The van der Waals surface area contributed by atoms with E-state index in [4.69, 9.17) is 11.6 Å². The maximum Gasteiger partial charge on any atom is 0.273 e. The summed E-state index contributed by atoms with van der Waals surface area (Å²) in [5.41, 5.74) is 2.21. The van der Waals surface area contributed by atoms with Gasteiger partial charge in [0.1, 0.15) is 5.69 Å². The third-order valence-corrected chi connectivity index (χ3v) is 3.61. The normalized spacial score (nSPS) is 26.9. The molecule has 2 heterocycles. The molecule has 0 saturated carbocycles. The van der Waals surface area contributed by atoms with Gasteiger partial charge in [-0.05, 0) is 5.92 Å². The lowest BCUT2D eigenvalue weighted by Gasteiger charge is -2.13. The third kappa shape index (κ3) is 1.77. The first-order valence-corrected chi connectivity index (χ1v) is 5.88. The summed E-state index contributed by atoms with van der Waals surface area (Å²) in [6.07, 6.45) is 0. The van der Waals surface area contributed by atoms with Gasteiger partial charge in [-0.2, -0.15) is 0 Å². The number of hydrogen-bond acceptors (Lipinski definition) is 3. The number of hydrogen-bond donors (Lipinski definition) is 0. The Morgan fingerprint density at radius 3 is 3.00 bits per heavy atom. The smallest absolute Gasteiger partial charge is 0.273 e. The lowest BCUT2D eigenvalue weighted by molar-refractivity contribution is 0.0783. The molecule has 5 heteroatoms. The quantitative estimate of drug-likeness (QED) is 0.690. The summed E-state index contributed by atoms with van der Waals surface area (Å²) in [4.78, 5) is 17.6. The fourth-order valence-corrected chi connectivity index (χ4v) is 2.35. The minimum atomic E-state index is 0.00116. The van der Waals surface area contributed by atoms with E-state index in [2.05, 4.69) is 11.9 Å². The first-order valence-electron chi connectivity index (χ1n) is 4.50. The van der Waals surface area contributed by atoms with Crippen LogP contribution < -0.4 is 0 Å². The van der Waals surface area contributed by atoms with Gasteiger partial charge < -0.3 is 4.90 Å². The zero-order valence-electron chi connectivity index (χ0n) is 7.81. The molecule has 0 radical (unpaired) electrons. The molecule has 0 spiro atoms. The highest BCUT2D eigenvalue weighted by Crippen LogP contribution is 2.22. The molecule has 1 amide bonds. The average Bonchev–Trinajstić information content (AvgIpc) is 2.76. The Kier molecular flexibility index (Phi) is 2.74. The molecule has 76 valence electrons. The maximum atomic E-state index is 11.8. The first-order chi connectivity index (χ1) is 6.68. The molecule has 2 unspecified atom stereocenters. The third-order valence-electron chi connectivity index (χ3n) is 2.46. The molecule has 0 aliphatic carbocycles. The van der Waals surface area contributed by atoms with Gasteiger partial charge >= 0.3 is 0 Å². The van der Waals surface area contributed by atoms with Crippen LogP contribution in [0.2, 0.25) is 0 Å². The molecule has 0 N–H and O–H groups in total. The van der Waals surface area contributed by atoms with Crippen molar-refractivity contribution in [1.29, 1.82) is 0 Å². The molecule has 2 atom stereocenters. The Balaban J connectivity index is 2.07. The Morgan fingerprint density at radius 1 is 1.71 bits per heavy atom. The van der Waals surface area contributed by atoms with E-state index >= 15 is 0 Å². The number of alkyl halides is 1. The average molecular weight is 231 g/mol. The van der Waals surface area contributed by atoms with Gasteiger partial charge in [0, 0.05) is 18.5 Å². The highest BCUT2D eigenvalue weighted by molar-refractivity contribution is 7.07. The van der Waals surface area contributed by atoms with Gasteiger partial charge in [-0.25, -0.2) is 4.98 Å². The van der Waals surface area contributed by atoms with Crippen LogP contribution in [0.1, 0.15) is 17.4 Å². The van der Waals surface area contributed by atoms with Crippen molar-refractivity contribution < 1.29 is 4.79 Å².